The van der Waals surface area contributed by atoms with Crippen LogP contribution in [0.4, 0.5) is 4.39 Å². The molecule has 2 aromatic carbocycles. The monoisotopic (exact) mass is 377 g/mol. The van der Waals surface area contributed by atoms with Crippen LogP contribution in [0.15, 0.2) is 47.4 Å². The standard InChI is InChI=1S/C18H16FNO5S/c19-12-3-1-11(2-4-12)14-10-15(14)18(21)20-26(22,23)13-5-6-16-17(9-13)25-8-7-24-16/h1-6,9,14-15H,7-8,10H2,(H,20,21)/t14-,15+/m1/s1. The molecule has 26 heavy (non-hydrogen) atoms. The molecule has 1 fully saturated rings. The minimum absolute atomic E-state index is 0.0610. The lowest BCUT2D eigenvalue weighted by Crippen LogP contribution is -2.32. The molecule has 2 aromatic rings. The van der Waals surface area contributed by atoms with Crippen LogP contribution >= 0.6 is 0 Å². The lowest BCUT2D eigenvalue weighted by Gasteiger charge is -2.18. The Kier molecular flexibility index (Phi) is 4.07. The molecule has 2 aliphatic rings. The van der Waals surface area contributed by atoms with Crippen LogP contribution in [0.3, 0.4) is 0 Å². The SMILES string of the molecule is O=C(NS(=O)(=O)c1ccc2c(c1)OCCO2)[C@H]1C[C@@H]1c1ccc(F)cc1. The van der Waals surface area contributed by atoms with Gasteiger partial charge in [0.05, 0.1) is 4.90 Å². The Hall–Kier alpha value is -2.61. The maximum Gasteiger partial charge on any atom is 0.264 e. The molecule has 136 valence electrons. The second-order valence-electron chi connectivity index (χ2n) is 6.28. The van der Waals surface area contributed by atoms with Crippen LogP contribution in [-0.2, 0) is 14.8 Å². The Morgan fingerprint density at radius 1 is 1.04 bits per heavy atom. The molecule has 6 nitrogen and oxygen atoms in total. The van der Waals surface area contributed by atoms with Gasteiger partial charge in [-0.3, -0.25) is 4.79 Å². The highest BCUT2D eigenvalue weighted by Gasteiger charge is 2.45. The quantitative estimate of drug-likeness (QED) is 0.883. The van der Waals surface area contributed by atoms with Crippen molar-refractivity contribution in [2.45, 2.75) is 17.2 Å². The third-order valence-corrected chi connectivity index (χ3v) is 5.83. The molecule has 0 spiro atoms. The zero-order valence-corrected chi connectivity index (χ0v) is 14.5. The van der Waals surface area contributed by atoms with Gasteiger partial charge in [0, 0.05) is 12.0 Å². The smallest absolute Gasteiger partial charge is 0.264 e. The van der Waals surface area contributed by atoms with Crippen molar-refractivity contribution in [1.82, 2.24) is 4.72 Å². The van der Waals surface area contributed by atoms with Crippen LogP contribution in [-0.4, -0.2) is 27.5 Å². The first-order valence-corrected chi connectivity index (χ1v) is 9.64. The maximum atomic E-state index is 13.0. The third kappa shape index (κ3) is 3.24. The van der Waals surface area contributed by atoms with Crippen LogP contribution in [0, 0.1) is 11.7 Å². The summed E-state index contributed by atoms with van der Waals surface area (Å²) in [6.45, 7) is 0.743. The summed E-state index contributed by atoms with van der Waals surface area (Å²) in [6, 6.07) is 10.1. The third-order valence-electron chi connectivity index (χ3n) is 4.48. The van der Waals surface area contributed by atoms with Gasteiger partial charge in [-0.05, 0) is 42.2 Å². The Morgan fingerprint density at radius 3 is 2.46 bits per heavy atom. The van der Waals surface area contributed by atoms with E-state index in [0.717, 1.165) is 5.56 Å². The molecule has 2 atom stereocenters. The van der Waals surface area contributed by atoms with Gasteiger partial charge in [0.1, 0.15) is 19.0 Å². The summed E-state index contributed by atoms with van der Waals surface area (Å²) >= 11 is 0. The first-order chi connectivity index (χ1) is 12.4. The Labute approximate surface area is 150 Å². The minimum atomic E-state index is -4.01. The number of carbonyl (C=O) groups excluding carboxylic acids is 1. The highest BCUT2D eigenvalue weighted by Crippen LogP contribution is 2.47. The van der Waals surface area contributed by atoms with Gasteiger partial charge in [-0.25, -0.2) is 17.5 Å². The van der Waals surface area contributed by atoms with E-state index in [1.165, 1.54) is 30.3 Å². The van der Waals surface area contributed by atoms with Crippen molar-refractivity contribution >= 4 is 15.9 Å². The Balaban J connectivity index is 1.46. The number of carbonyl (C=O) groups is 1. The number of hydrogen-bond acceptors (Lipinski definition) is 5. The summed E-state index contributed by atoms with van der Waals surface area (Å²) in [4.78, 5) is 12.3. The van der Waals surface area contributed by atoms with E-state index in [-0.39, 0.29) is 16.6 Å². The van der Waals surface area contributed by atoms with Crippen molar-refractivity contribution in [3.63, 3.8) is 0 Å². The molecule has 1 aliphatic heterocycles. The predicted octanol–water partition coefficient (Wildman–Crippen LogP) is 2.21. The first kappa shape index (κ1) is 16.8. The molecule has 0 unspecified atom stereocenters. The van der Waals surface area contributed by atoms with Crippen molar-refractivity contribution in [2.24, 2.45) is 5.92 Å². The van der Waals surface area contributed by atoms with Gasteiger partial charge in [0.2, 0.25) is 5.91 Å². The molecule has 0 aromatic heterocycles. The van der Waals surface area contributed by atoms with Crippen molar-refractivity contribution in [3.8, 4) is 11.5 Å². The number of rotatable bonds is 4. The normalized spacial score (nSPS) is 21.1. The van der Waals surface area contributed by atoms with Gasteiger partial charge in [0.25, 0.3) is 10.0 Å². The van der Waals surface area contributed by atoms with E-state index in [2.05, 4.69) is 4.72 Å². The number of ether oxygens (including phenoxy) is 2. The van der Waals surface area contributed by atoms with Crippen LogP contribution in [0.1, 0.15) is 17.9 Å². The van der Waals surface area contributed by atoms with Crippen molar-refractivity contribution in [3.05, 3.63) is 53.8 Å². The van der Waals surface area contributed by atoms with Gasteiger partial charge in [-0.2, -0.15) is 0 Å². The molecule has 1 N–H and O–H groups in total. The molecule has 1 amide bonds. The zero-order valence-electron chi connectivity index (χ0n) is 13.6. The van der Waals surface area contributed by atoms with Crippen LogP contribution in [0.25, 0.3) is 0 Å². The predicted molar refractivity (Wildman–Crippen MR) is 90.0 cm³/mol. The van der Waals surface area contributed by atoms with Crippen LogP contribution < -0.4 is 14.2 Å². The molecule has 4 rings (SSSR count). The topological polar surface area (TPSA) is 81.7 Å². The number of sulfonamides is 1. The molecular weight excluding hydrogens is 361 g/mol. The highest BCUT2D eigenvalue weighted by atomic mass is 32.2. The second-order valence-corrected chi connectivity index (χ2v) is 7.96. The average molecular weight is 377 g/mol. The van der Waals surface area contributed by atoms with Crippen LogP contribution in [0.2, 0.25) is 0 Å². The number of halogens is 1. The number of benzene rings is 2. The largest absolute Gasteiger partial charge is 0.486 e. The van der Waals surface area contributed by atoms with E-state index in [9.17, 15) is 17.6 Å². The van der Waals surface area contributed by atoms with Crippen molar-refractivity contribution in [2.75, 3.05) is 13.2 Å². The molecule has 0 saturated heterocycles. The lowest BCUT2D eigenvalue weighted by atomic mass is 10.1. The first-order valence-electron chi connectivity index (χ1n) is 8.16. The molecule has 0 radical (unpaired) electrons. The van der Waals surface area contributed by atoms with Crippen molar-refractivity contribution < 1.29 is 27.1 Å². The fourth-order valence-corrected chi connectivity index (χ4v) is 4.06. The number of amides is 1. The summed E-state index contributed by atoms with van der Waals surface area (Å²) in [5, 5.41) is 0. The average Bonchev–Trinajstić information content (AvgIpc) is 3.42. The van der Waals surface area contributed by atoms with Crippen molar-refractivity contribution in [1.29, 1.82) is 0 Å². The molecule has 1 heterocycles. The minimum Gasteiger partial charge on any atom is -0.486 e. The second kappa shape index (κ2) is 6.28. The van der Waals surface area contributed by atoms with E-state index >= 15 is 0 Å². The summed E-state index contributed by atoms with van der Waals surface area (Å²) in [6.07, 6.45) is 0.536. The fourth-order valence-electron chi connectivity index (χ4n) is 3.02. The summed E-state index contributed by atoms with van der Waals surface area (Å²) < 4.78 is 50.8. The van der Waals surface area contributed by atoms with Gasteiger partial charge < -0.3 is 9.47 Å². The molecule has 8 heteroatoms. The van der Waals surface area contributed by atoms with E-state index < -0.39 is 21.8 Å². The maximum absolute atomic E-state index is 13.0. The van der Waals surface area contributed by atoms with Gasteiger partial charge in [-0.1, -0.05) is 12.1 Å². The van der Waals surface area contributed by atoms with E-state index in [4.69, 9.17) is 9.47 Å². The highest BCUT2D eigenvalue weighted by molar-refractivity contribution is 7.90. The fraction of sp³-hybridized carbons (Fsp3) is 0.278. The summed E-state index contributed by atoms with van der Waals surface area (Å²) in [5.74, 6) is -0.633. The molecule has 1 saturated carbocycles. The number of fused-ring (bicyclic) bond motifs is 1. The van der Waals surface area contributed by atoms with E-state index in [1.807, 2.05) is 0 Å². The van der Waals surface area contributed by atoms with E-state index in [1.54, 1.807) is 12.1 Å². The summed E-state index contributed by atoms with van der Waals surface area (Å²) in [5.41, 5.74) is 0.822. The van der Waals surface area contributed by atoms with Crippen LogP contribution in [0.5, 0.6) is 11.5 Å². The Bertz CT molecular complexity index is 958. The van der Waals surface area contributed by atoms with Gasteiger partial charge in [0.15, 0.2) is 11.5 Å². The summed E-state index contributed by atoms with van der Waals surface area (Å²) in [7, 11) is -4.01. The Morgan fingerprint density at radius 2 is 1.73 bits per heavy atom. The van der Waals surface area contributed by atoms with Gasteiger partial charge in [-0.15, -0.1) is 0 Å². The lowest BCUT2D eigenvalue weighted by molar-refractivity contribution is -0.120. The molecule has 1 aliphatic carbocycles. The van der Waals surface area contributed by atoms with E-state index in [0.29, 0.717) is 31.1 Å². The number of nitrogens with one attached hydrogen (secondary N) is 1. The number of hydrogen-bond donors (Lipinski definition) is 1. The molecule has 0 bridgehead atoms. The van der Waals surface area contributed by atoms with Gasteiger partial charge >= 0.3 is 0 Å². The zero-order chi connectivity index (χ0) is 18.3. The molecular formula is C18H16FNO5S.